The lowest BCUT2D eigenvalue weighted by molar-refractivity contribution is -0.118. The highest BCUT2D eigenvalue weighted by Crippen LogP contribution is 2.58. The number of hydrogen-bond acceptors (Lipinski definition) is 3. The molecule has 1 unspecified atom stereocenters. The second-order valence-corrected chi connectivity index (χ2v) is 7.65. The summed E-state index contributed by atoms with van der Waals surface area (Å²) in [5, 5.41) is 9.41. The third kappa shape index (κ3) is 3.82. The number of nitrogens with one attached hydrogen (secondary N) is 3. The fourth-order valence-corrected chi connectivity index (χ4v) is 3.84. The molecule has 0 radical (unpaired) electrons. The van der Waals surface area contributed by atoms with Crippen molar-refractivity contribution in [1.82, 2.24) is 5.32 Å². The van der Waals surface area contributed by atoms with Gasteiger partial charge in [-0.05, 0) is 75.2 Å². The fraction of sp³-hybridized carbons (Fsp3) is 0.579. The van der Waals surface area contributed by atoms with Gasteiger partial charge in [0, 0.05) is 23.2 Å². The lowest BCUT2D eigenvalue weighted by Gasteiger charge is -2.23. The van der Waals surface area contributed by atoms with Crippen LogP contribution in [0, 0.1) is 24.2 Å². The molecule has 1 aromatic rings. The lowest BCUT2D eigenvalue weighted by atomic mass is 9.91. The molecule has 1 saturated heterocycles. The summed E-state index contributed by atoms with van der Waals surface area (Å²) in [5.74, 6) is 0.539. The van der Waals surface area contributed by atoms with E-state index in [0.717, 1.165) is 62.1 Å². The third-order valence-electron chi connectivity index (χ3n) is 5.82. The van der Waals surface area contributed by atoms with Crippen molar-refractivity contribution in [3.8, 4) is 0 Å². The highest BCUT2D eigenvalue weighted by atomic mass is 35.5. The Bertz CT molecular complexity index is 681. The molecular formula is C19H26ClN3O2. The number of aryl methyl sites for hydroxylation is 1. The normalized spacial score (nSPS) is 23.5. The number of halogens is 1. The second kappa shape index (κ2) is 6.96. The van der Waals surface area contributed by atoms with Crippen LogP contribution in [-0.2, 0) is 9.59 Å². The van der Waals surface area contributed by atoms with Crippen molar-refractivity contribution in [1.29, 1.82) is 0 Å². The van der Waals surface area contributed by atoms with Gasteiger partial charge in [-0.25, -0.2) is 0 Å². The van der Waals surface area contributed by atoms with Crippen LogP contribution >= 0.6 is 12.4 Å². The van der Waals surface area contributed by atoms with E-state index in [4.69, 9.17) is 0 Å². The van der Waals surface area contributed by atoms with Gasteiger partial charge in [0.05, 0.1) is 0 Å². The number of hydrogen-bond donors (Lipinski definition) is 3. The summed E-state index contributed by atoms with van der Waals surface area (Å²) in [6.45, 7) is 4.02. The third-order valence-corrected chi connectivity index (χ3v) is 5.82. The first kappa shape index (κ1) is 18.2. The lowest BCUT2D eigenvalue weighted by Crippen LogP contribution is -2.31. The zero-order valence-corrected chi connectivity index (χ0v) is 15.4. The highest BCUT2D eigenvalue weighted by Gasteiger charge is 2.57. The Morgan fingerprint density at radius 2 is 1.84 bits per heavy atom. The van der Waals surface area contributed by atoms with Gasteiger partial charge in [0.2, 0.25) is 11.8 Å². The summed E-state index contributed by atoms with van der Waals surface area (Å²) in [5.41, 5.74) is 2.83. The van der Waals surface area contributed by atoms with Crippen molar-refractivity contribution in [3.63, 3.8) is 0 Å². The molecule has 3 N–H and O–H groups in total. The van der Waals surface area contributed by atoms with Crippen LogP contribution in [0.3, 0.4) is 0 Å². The minimum Gasteiger partial charge on any atom is -0.326 e. The van der Waals surface area contributed by atoms with Gasteiger partial charge in [-0.2, -0.15) is 0 Å². The van der Waals surface area contributed by atoms with E-state index >= 15 is 0 Å². The average Bonchev–Trinajstić information content (AvgIpc) is 3.47. The number of anilines is 2. The van der Waals surface area contributed by atoms with Crippen molar-refractivity contribution in [2.24, 2.45) is 17.3 Å². The zero-order chi connectivity index (χ0) is 16.7. The van der Waals surface area contributed by atoms with E-state index in [1.165, 1.54) is 0 Å². The maximum absolute atomic E-state index is 12.6. The molecule has 4 rings (SSSR count). The largest absolute Gasteiger partial charge is 0.326 e. The van der Waals surface area contributed by atoms with Gasteiger partial charge in [0.1, 0.15) is 0 Å². The van der Waals surface area contributed by atoms with Crippen molar-refractivity contribution in [3.05, 3.63) is 23.8 Å². The van der Waals surface area contributed by atoms with E-state index in [1.807, 2.05) is 25.1 Å². The molecule has 1 heterocycles. The van der Waals surface area contributed by atoms with E-state index in [9.17, 15) is 9.59 Å². The Morgan fingerprint density at radius 1 is 1.12 bits per heavy atom. The Morgan fingerprint density at radius 3 is 2.52 bits per heavy atom. The van der Waals surface area contributed by atoms with E-state index in [0.29, 0.717) is 0 Å². The molecule has 1 atom stereocenters. The molecule has 0 aromatic heterocycles. The highest BCUT2D eigenvalue weighted by molar-refractivity contribution is 5.98. The van der Waals surface area contributed by atoms with Gasteiger partial charge in [0.25, 0.3) is 0 Å². The minimum absolute atomic E-state index is 0. The smallest absolute Gasteiger partial charge is 0.228 e. The number of amides is 2. The predicted octanol–water partition coefficient (Wildman–Crippen LogP) is 3.09. The van der Waals surface area contributed by atoms with Crippen LogP contribution in [0.25, 0.3) is 0 Å². The summed E-state index contributed by atoms with van der Waals surface area (Å²) in [6, 6.07) is 5.73. The zero-order valence-electron chi connectivity index (χ0n) is 14.6. The molecule has 1 spiro atoms. The molecular weight excluding hydrogens is 338 g/mol. The molecule has 2 amide bonds. The van der Waals surface area contributed by atoms with Gasteiger partial charge in [0.15, 0.2) is 0 Å². The molecule has 3 fully saturated rings. The summed E-state index contributed by atoms with van der Waals surface area (Å²) in [7, 11) is 0. The van der Waals surface area contributed by atoms with E-state index in [-0.39, 0.29) is 41.5 Å². The number of carbonyl (C=O) groups is 2. The minimum atomic E-state index is 0. The van der Waals surface area contributed by atoms with E-state index in [1.54, 1.807) is 0 Å². The second-order valence-electron chi connectivity index (χ2n) is 7.65. The van der Waals surface area contributed by atoms with Gasteiger partial charge in [-0.1, -0.05) is 6.07 Å². The molecule has 0 bridgehead atoms. The van der Waals surface area contributed by atoms with E-state index in [2.05, 4.69) is 16.0 Å². The van der Waals surface area contributed by atoms with Gasteiger partial charge >= 0.3 is 0 Å². The summed E-state index contributed by atoms with van der Waals surface area (Å²) >= 11 is 0. The van der Waals surface area contributed by atoms with Crippen LogP contribution in [0.5, 0.6) is 0 Å². The first-order valence-corrected chi connectivity index (χ1v) is 9.00. The summed E-state index contributed by atoms with van der Waals surface area (Å²) < 4.78 is 0. The van der Waals surface area contributed by atoms with Crippen molar-refractivity contribution >= 4 is 35.6 Å². The van der Waals surface area contributed by atoms with Crippen LogP contribution < -0.4 is 16.0 Å². The fourth-order valence-electron chi connectivity index (χ4n) is 3.84. The van der Waals surface area contributed by atoms with Gasteiger partial charge in [-0.3, -0.25) is 9.59 Å². The summed E-state index contributed by atoms with van der Waals surface area (Å²) in [6.07, 6.45) is 5.18. The van der Waals surface area contributed by atoms with Crippen LogP contribution in [0.1, 0.15) is 37.7 Å². The van der Waals surface area contributed by atoms with Crippen LogP contribution in [0.4, 0.5) is 11.4 Å². The molecule has 6 heteroatoms. The predicted molar refractivity (Wildman–Crippen MR) is 101 cm³/mol. The Hall–Kier alpha value is -1.59. The monoisotopic (exact) mass is 363 g/mol. The number of carbonyl (C=O) groups excluding carboxylic acids is 2. The van der Waals surface area contributed by atoms with Crippen molar-refractivity contribution in [2.75, 3.05) is 23.7 Å². The average molecular weight is 364 g/mol. The van der Waals surface area contributed by atoms with E-state index < -0.39 is 0 Å². The molecule has 136 valence electrons. The Kier molecular flexibility index (Phi) is 5.07. The standard InChI is InChI=1S/C19H25N3O2.ClH/c1-12-2-5-14(21-17(23)13-3-4-13)10-16(12)22-18(24)15-11-19(15)6-8-20-9-7-19;/h2,5,10,13,15,20H,3-4,6-9,11H2,1H3,(H,21,23)(H,22,24);1H. The molecule has 2 aliphatic carbocycles. The topological polar surface area (TPSA) is 70.2 Å². The number of rotatable bonds is 4. The molecule has 25 heavy (non-hydrogen) atoms. The quantitative estimate of drug-likeness (QED) is 0.769. The number of piperidine rings is 1. The van der Waals surface area contributed by atoms with Crippen LogP contribution in [0.2, 0.25) is 0 Å². The molecule has 1 aliphatic heterocycles. The van der Waals surface area contributed by atoms with Crippen LogP contribution in [0.15, 0.2) is 18.2 Å². The molecule has 3 aliphatic rings. The molecule has 1 aromatic carbocycles. The Labute approximate surface area is 154 Å². The van der Waals surface area contributed by atoms with Gasteiger partial charge in [-0.15, -0.1) is 12.4 Å². The maximum Gasteiger partial charge on any atom is 0.228 e. The first-order valence-electron chi connectivity index (χ1n) is 9.00. The first-order chi connectivity index (χ1) is 11.6. The van der Waals surface area contributed by atoms with Crippen molar-refractivity contribution in [2.45, 2.75) is 39.0 Å². The molecule has 2 saturated carbocycles. The molecule has 5 nitrogen and oxygen atoms in total. The number of benzene rings is 1. The van der Waals surface area contributed by atoms with Crippen molar-refractivity contribution < 1.29 is 9.59 Å². The SMILES string of the molecule is Cc1ccc(NC(=O)C2CC2)cc1NC(=O)C1CC12CCNCC2.Cl. The van der Waals surface area contributed by atoms with Gasteiger partial charge < -0.3 is 16.0 Å². The Balaban J connectivity index is 0.00000182. The maximum atomic E-state index is 12.6. The van der Waals surface area contributed by atoms with Crippen LogP contribution in [-0.4, -0.2) is 24.9 Å². The summed E-state index contributed by atoms with van der Waals surface area (Å²) in [4.78, 5) is 24.5.